The summed E-state index contributed by atoms with van der Waals surface area (Å²) in [7, 11) is 0. The molecule has 2 aromatic rings. The molecule has 0 aromatic heterocycles. The third-order valence-electron chi connectivity index (χ3n) is 3.43. The molecule has 0 amide bonds. The van der Waals surface area contributed by atoms with Crippen molar-refractivity contribution in [3.8, 4) is 0 Å². The summed E-state index contributed by atoms with van der Waals surface area (Å²) < 4.78 is 0. The van der Waals surface area contributed by atoms with Gasteiger partial charge in [0, 0.05) is 29.8 Å². The molecule has 2 nitrogen and oxygen atoms in total. The molecule has 3 heteroatoms. The van der Waals surface area contributed by atoms with Crippen LogP contribution in [0.3, 0.4) is 0 Å². The zero-order valence-corrected chi connectivity index (χ0v) is 12.8. The zero-order valence-electron chi connectivity index (χ0n) is 12.0. The van der Waals surface area contributed by atoms with Gasteiger partial charge >= 0.3 is 0 Å². The quantitative estimate of drug-likeness (QED) is 0.830. The van der Waals surface area contributed by atoms with Gasteiger partial charge in [0.2, 0.25) is 0 Å². The second-order valence-electron chi connectivity index (χ2n) is 5.33. The van der Waals surface area contributed by atoms with Crippen LogP contribution >= 0.6 is 11.6 Å². The Hall–Kier alpha value is -1.51. The number of benzene rings is 2. The van der Waals surface area contributed by atoms with Crippen LogP contribution in [0.25, 0.3) is 0 Å². The highest BCUT2D eigenvalue weighted by molar-refractivity contribution is 6.30. The maximum atomic E-state index is 6.05. The van der Waals surface area contributed by atoms with E-state index in [9.17, 15) is 0 Å². The molecule has 20 heavy (non-hydrogen) atoms. The monoisotopic (exact) mass is 288 g/mol. The van der Waals surface area contributed by atoms with Crippen LogP contribution in [0.1, 0.15) is 25.0 Å². The van der Waals surface area contributed by atoms with E-state index < -0.39 is 0 Å². The van der Waals surface area contributed by atoms with Gasteiger partial charge in [-0.3, -0.25) is 4.90 Å². The van der Waals surface area contributed by atoms with Crippen LogP contribution in [0.2, 0.25) is 5.02 Å². The van der Waals surface area contributed by atoms with E-state index in [1.165, 1.54) is 11.1 Å². The summed E-state index contributed by atoms with van der Waals surface area (Å²) in [6, 6.07) is 16.5. The maximum absolute atomic E-state index is 6.05. The topological polar surface area (TPSA) is 29.3 Å². The second-order valence-corrected chi connectivity index (χ2v) is 5.76. The molecule has 0 aliphatic heterocycles. The molecular formula is C17H21ClN2. The summed E-state index contributed by atoms with van der Waals surface area (Å²) in [6.07, 6.45) is 0. The SMILES string of the molecule is CC(C)N(Cc1cccc(Cl)c1)Cc1ccccc1N. The van der Waals surface area contributed by atoms with Crippen molar-refractivity contribution in [3.63, 3.8) is 0 Å². The fourth-order valence-electron chi connectivity index (χ4n) is 2.19. The molecule has 0 radical (unpaired) electrons. The first-order valence-electron chi connectivity index (χ1n) is 6.88. The smallest absolute Gasteiger partial charge is 0.0409 e. The zero-order chi connectivity index (χ0) is 14.5. The van der Waals surface area contributed by atoms with E-state index >= 15 is 0 Å². The van der Waals surface area contributed by atoms with Crippen molar-refractivity contribution < 1.29 is 0 Å². The lowest BCUT2D eigenvalue weighted by Gasteiger charge is -2.27. The average Bonchev–Trinajstić information content (AvgIpc) is 2.40. The largest absolute Gasteiger partial charge is 0.398 e. The number of rotatable bonds is 5. The number of halogens is 1. The number of nitrogens with two attached hydrogens (primary N) is 1. The van der Waals surface area contributed by atoms with Crippen molar-refractivity contribution in [1.29, 1.82) is 0 Å². The number of para-hydroxylation sites is 1. The highest BCUT2D eigenvalue weighted by Gasteiger charge is 2.12. The Morgan fingerprint density at radius 2 is 1.80 bits per heavy atom. The Kier molecular flexibility index (Phi) is 5.05. The molecule has 0 aliphatic carbocycles. The van der Waals surface area contributed by atoms with E-state index in [-0.39, 0.29) is 0 Å². The predicted molar refractivity (Wildman–Crippen MR) is 86.7 cm³/mol. The van der Waals surface area contributed by atoms with Crippen molar-refractivity contribution in [2.24, 2.45) is 0 Å². The van der Waals surface area contributed by atoms with Crippen LogP contribution < -0.4 is 5.73 Å². The minimum atomic E-state index is 0.439. The minimum absolute atomic E-state index is 0.439. The highest BCUT2D eigenvalue weighted by Crippen LogP contribution is 2.19. The molecule has 0 atom stereocenters. The first-order chi connectivity index (χ1) is 9.56. The van der Waals surface area contributed by atoms with Crippen molar-refractivity contribution in [2.75, 3.05) is 5.73 Å². The van der Waals surface area contributed by atoms with Crippen LogP contribution in [0.5, 0.6) is 0 Å². The summed E-state index contributed by atoms with van der Waals surface area (Å²) in [5.41, 5.74) is 9.28. The number of nitrogen functional groups attached to an aromatic ring is 1. The molecule has 0 heterocycles. The lowest BCUT2D eigenvalue weighted by Crippen LogP contribution is -2.30. The van der Waals surface area contributed by atoms with E-state index in [0.717, 1.165) is 23.8 Å². The Balaban J connectivity index is 2.14. The molecule has 0 spiro atoms. The van der Waals surface area contributed by atoms with Crippen LogP contribution in [0.15, 0.2) is 48.5 Å². The Morgan fingerprint density at radius 1 is 1.05 bits per heavy atom. The van der Waals surface area contributed by atoms with Crippen molar-refractivity contribution >= 4 is 17.3 Å². The fraction of sp³-hybridized carbons (Fsp3) is 0.294. The van der Waals surface area contributed by atoms with Gasteiger partial charge in [-0.2, -0.15) is 0 Å². The third-order valence-corrected chi connectivity index (χ3v) is 3.67. The van der Waals surface area contributed by atoms with Gasteiger partial charge in [-0.15, -0.1) is 0 Å². The first kappa shape index (κ1) is 14.9. The van der Waals surface area contributed by atoms with Crippen LogP contribution in [-0.2, 0) is 13.1 Å². The Morgan fingerprint density at radius 3 is 2.45 bits per heavy atom. The van der Waals surface area contributed by atoms with Gasteiger partial charge in [0.1, 0.15) is 0 Å². The van der Waals surface area contributed by atoms with E-state index in [1.54, 1.807) is 0 Å². The maximum Gasteiger partial charge on any atom is 0.0409 e. The number of hydrogen-bond acceptors (Lipinski definition) is 2. The van der Waals surface area contributed by atoms with Crippen LogP contribution in [0.4, 0.5) is 5.69 Å². The Bertz CT molecular complexity index is 566. The lowest BCUT2D eigenvalue weighted by molar-refractivity contribution is 0.204. The molecule has 0 fully saturated rings. The molecular weight excluding hydrogens is 268 g/mol. The van der Waals surface area contributed by atoms with Crippen molar-refractivity contribution in [2.45, 2.75) is 33.0 Å². The minimum Gasteiger partial charge on any atom is -0.398 e. The normalized spacial score (nSPS) is 11.2. The van der Waals surface area contributed by atoms with Crippen LogP contribution in [0, 0.1) is 0 Å². The van der Waals surface area contributed by atoms with Gasteiger partial charge < -0.3 is 5.73 Å². The first-order valence-corrected chi connectivity index (χ1v) is 7.26. The van der Waals surface area contributed by atoms with Gasteiger partial charge in [0.05, 0.1) is 0 Å². The lowest BCUT2D eigenvalue weighted by atomic mass is 10.1. The third kappa shape index (κ3) is 3.99. The summed E-state index contributed by atoms with van der Waals surface area (Å²) in [6.45, 7) is 6.11. The van der Waals surface area contributed by atoms with Gasteiger partial charge in [-0.25, -0.2) is 0 Å². The molecule has 2 aromatic carbocycles. The summed E-state index contributed by atoms with van der Waals surface area (Å²) in [4.78, 5) is 2.39. The molecule has 0 bridgehead atoms. The Labute approximate surface area is 126 Å². The van der Waals surface area contributed by atoms with Gasteiger partial charge in [0.25, 0.3) is 0 Å². The van der Waals surface area contributed by atoms with E-state index in [2.05, 4.69) is 30.9 Å². The van der Waals surface area contributed by atoms with E-state index in [0.29, 0.717) is 6.04 Å². The van der Waals surface area contributed by atoms with Crippen LogP contribution in [-0.4, -0.2) is 10.9 Å². The number of nitrogens with zero attached hydrogens (tertiary/aromatic N) is 1. The molecule has 2 rings (SSSR count). The predicted octanol–water partition coefficient (Wildman–Crippen LogP) is 4.33. The molecule has 106 valence electrons. The van der Waals surface area contributed by atoms with Gasteiger partial charge in [-0.1, -0.05) is 41.9 Å². The van der Waals surface area contributed by atoms with E-state index in [1.807, 2.05) is 36.4 Å². The summed E-state index contributed by atoms with van der Waals surface area (Å²) in [5, 5.41) is 0.783. The average molecular weight is 289 g/mol. The number of anilines is 1. The van der Waals surface area contributed by atoms with Gasteiger partial charge in [-0.05, 0) is 43.2 Å². The van der Waals surface area contributed by atoms with Crippen molar-refractivity contribution in [3.05, 3.63) is 64.7 Å². The standard InChI is InChI=1S/C17H21ClN2/c1-13(2)20(11-14-6-5-8-16(18)10-14)12-15-7-3-4-9-17(15)19/h3-10,13H,11-12,19H2,1-2H3. The molecule has 0 aliphatic rings. The highest BCUT2D eigenvalue weighted by atomic mass is 35.5. The van der Waals surface area contributed by atoms with Gasteiger partial charge in [0.15, 0.2) is 0 Å². The molecule has 2 N–H and O–H groups in total. The number of hydrogen-bond donors (Lipinski definition) is 1. The van der Waals surface area contributed by atoms with E-state index in [4.69, 9.17) is 17.3 Å². The fourth-order valence-corrected chi connectivity index (χ4v) is 2.40. The second kappa shape index (κ2) is 6.78. The summed E-state index contributed by atoms with van der Waals surface area (Å²) in [5.74, 6) is 0. The van der Waals surface area contributed by atoms with Crippen molar-refractivity contribution in [1.82, 2.24) is 4.90 Å². The molecule has 0 unspecified atom stereocenters. The molecule has 0 saturated carbocycles. The molecule has 0 saturated heterocycles. The summed E-state index contributed by atoms with van der Waals surface area (Å²) >= 11 is 6.05.